The second-order valence-electron chi connectivity index (χ2n) is 21.0. The van der Waals surface area contributed by atoms with Crippen LogP contribution in [0.3, 0.4) is 0 Å². The summed E-state index contributed by atoms with van der Waals surface area (Å²) in [6.07, 6.45) is 0.653. The van der Waals surface area contributed by atoms with Gasteiger partial charge in [-0.3, -0.25) is 38.5 Å². The third-order valence-corrected chi connectivity index (χ3v) is 19.5. The maximum Gasteiger partial charge on any atom is 0.410 e. The molecule has 0 aromatic carbocycles. The van der Waals surface area contributed by atoms with Gasteiger partial charge in [0.05, 0.1) is 29.6 Å². The van der Waals surface area contributed by atoms with E-state index >= 15 is 0 Å². The van der Waals surface area contributed by atoms with E-state index in [4.69, 9.17) is 24.7 Å². The van der Waals surface area contributed by atoms with E-state index in [1.807, 2.05) is 0 Å². The number of nitrogens with one attached hydrogen (secondary N) is 6. The fourth-order valence-corrected chi connectivity index (χ4v) is 14.6. The fourth-order valence-electron chi connectivity index (χ4n) is 9.41. The number of likely N-dealkylation sites (N-methyl/N-ethyl adjacent to an activating group) is 1. The lowest BCUT2D eigenvalue weighted by Gasteiger charge is -2.28. The smallest absolute Gasteiger partial charge is 0.410 e. The van der Waals surface area contributed by atoms with Crippen molar-refractivity contribution in [2.75, 3.05) is 32.7 Å². The van der Waals surface area contributed by atoms with Gasteiger partial charge in [-0.2, -0.15) is 0 Å². The quantitative estimate of drug-likeness (QED) is 0.0542. The Morgan fingerprint density at radius 1 is 0.742 bits per heavy atom. The predicted octanol–water partition coefficient (Wildman–Crippen LogP) is 6.45. The Kier molecular flexibility index (Phi) is 20.8. The van der Waals surface area contributed by atoms with Crippen LogP contribution in [-0.4, -0.2) is 165 Å². The van der Waals surface area contributed by atoms with Crippen LogP contribution in [0, 0.1) is 0 Å². The molecule has 6 unspecified atom stereocenters. The first-order chi connectivity index (χ1) is 42.5. The number of rotatable bonds is 14. The van der Waals surface area contributed by atoms with Crippen molar-refractivity contribution in [2.45, 2.75) is 111 Å². The van der Waals surface area contributed by atoms with E-state index < -0.39 is 77.5 Å². The molecule has 7 amide bonds. The van der Waals surface area contributed by atoms with Crippen molar-refractivity contribution in [1.82, 2.24) is 76.6 Å². The number of likely N-dealkylation sites (tertiary alicyclic amines) is 1. The number of thiazole rings is 6. The second kappa shape index (κ2) is 28.3. The van der Waals surface area contributed by atoms with Gasteiger partial charge in [-0.05, 0) is 80.1 Å². The molecular formula is C57H63N15O11S6. The number of carbonyl (C=O) groups is 8. The Morgan fingerprint density at radius 3 is 2.00 bits per heavy atom. The molecular weight excluding hydrogens is 1260 g/mol. The van der Waals surface area contributed by atoms with Gasteiger partial charge in [0.1, 0.15) is 106 Å². The normalized spacial score (nSPS) is 19.0. The number of carbonyl (C=O) groups excluding carboxylic acids is 8. The maximum atomic E-state index is 14.6. The van der Waals surface area contributed by atoms with Crippen LogP contribution >= 0.6 is 68.0 Å². The van der Waals surface area contributed by atoms with Crippen molar-refractivity contribution >= 4 is 121 Å². The largest absolute Gasteiger partial charge is 0.444 e. The number of aliphatic hydroxyl groups excluding tert-OH is 1. The standard InChI is InChI=1S/C57H63N15O11S6/c1-10-31(44(75)58-18-26(5)73)60-45(76)35-22-86-53(65-35)39-25-87-52(67-39)33-15-14-30-42(59-33)34-20-88-54(62-34)41(28(7)83-56(81)72-17-16-29(19-72)71(12-3)13-4)69-47(78)37-24-89-55(66-37)43(57(8,9)82)70-48(79)38-23-85-51(64-38)32(11-2)61-49(80)40(27(6)74)68-46(77)36-21-84-50(30)63-36/h10-11,14-15,20-25,27-29,40-41,43,74,82H,12-13,16-19H2,1-9H3,(H,58,75)(H,60,76)(H,61,80)(H,68,77)(H,69,78)(H,70,79)/b31-10-,32-11-. The van der Waals surface area contributed by atoms with E-state index in [0.29, 0.717) is 45.1 Å². The molecule has 9 rings (SSSR count). The van der Waals surface area contributed by atoms with Crippen LogP contribution in [-0.2, 0) is 19.1 Å². The van der Waals surface area contributed by atoms with E-state index in [1.54, 1.807) is 48.6 Å². The number of allylic oxidation sites excluding steroid dienone is 2. The second-order valence-corrected chi connectivity index (χ2v) is 26.2. The summed E-state index contributed by atoms with van der Waals surface area (Å²) in [6.45, 7) is 16.9. The Balaban J connectivity index is 1.11. The molecule has 26 nitrogen and oxygen atoms in total. The average Bonchev–Trinajstić information content (AvgIpc) is 4.14. The molecule has 6 atom stereocenters. The summed E-state index contributed by atoms with van der Waals surface area (Å²) in [5, 5.41) is 49.7. The van der Waals surface area contributed by atoms with E-state index in [-0.39, 0.29) is 79.0 Å². The summed E-state index contributed by atoms with van der Waals surface area (Å²) in [5.41, 5.74) is -0.0297. The first-order valence-electron chi connectivity index (χ1n) is 28.0. The number of hydrogen-bond acceptors (Lipinski definition) is 25. The van der Waals surface area contributed by atoms with Crippen LogP contribution in [0.5, 0.6) is 0 Å². The molecule has 468 valence electrons. The van der Waals surface area contributed by atoms with Crippen LogP contribution in [0.15, 0.2) is 62.3 Å². The number of amides is 7. The number of pyridine rings is 1. The van der Waals surface area contributed by atoms with Gasteiger partial charge < -0.3 is 51.8 Å². The molecule has 7 aromatic rings. The molecule has 1 saturated heterocycles. The molecule has 9 heterocycles. The van der Waals surface area contributed by atoms with Crippen molar-refractivity contribution in [3.8, 4) is 43.4 Å². The first kappa shape index (κ1) is 65.5. The van der Waals surface area contributed by atoms with Crippen LogP contribution in [0.4, 0.5) is 4.79 Å². The topological polar surface area (TPSA) is 355 Å². The van der Waals surface area contributed by atoms with Gasteiger partial charge in [0.25, 0.3) is 29.5 Å². The highest BCUT2D eigenvalue weighted by atomic mass is 32.1. The van der Waals surface area contributed by atoms with Gasteiger partial charge in [-0.25, -0.2) is 39.7 Å². The molecule has 0 spiro atoms. The molecule has 2 aliphatic heterocycles. The Hall–Kier alpha value is -7.95. The zero-order valence-corrected chi connectivity index (χ0v) is 54.4. The van der Waals surface area contributed by atoms with Crippen molar-refractivity contribution in [2.24, 2.45) is 0 Å². The molecule has 0 saturated carbocycles. The number of ketones is 1. The third-order valence-electron chi connectivity index (χ3n) is 14.2. The third kappa shape index (κ3) is 15.2. The molecule has 32 heteroatoms. The van der Waals surface area contributed by atoms with E-state index in [0.717, 1.165) is 76.2 Å². The molecule has 2 aliphatic rings. The summed E-state index contributed by atoms with van der Waals surface area (Å²) in [5.74, 6) is -4.56. The molecule has 89 heavy (non-hydrogen) atoms. The highest BCUT2D eigenvalue weighted by molar-refractivity contribution is 7.15. The first-order valence-corrected chi connectivity index (χ1v) is 33.3. The SMILES string of the molecule is C/C=C(\NC(=O)c1csc(-c2csc(-c3ccc4c(n3)-c3csc(n3)C(C(C)OC(=O)N3CCC(N(CC)CC)C3)NC(=O)c3csc(n3)C(C(C)(C)O)NC(=O)c3csc(n3)/C(=C/C)NC(=O)C(C(C)O)NC(=O)c3csc-4n3)n2)n1)C(=O)NCC(C)=O. The lowest BCUT2D eigenvalue weighted by atomic mass is 9.99. The molecule has 8 bridgehead atoms. The summed E-state index contributed by atoms with van der Waals surface area (Å²) < 4.78 is 6.19. The summed E-state index contributed by atoms with van der Waals surface area (Å²) in [4.78, 5) is 145. The number of fused-ring (bicyclic) bond motifs is 11. The molecule has 0 radical (unpaired) electrons. The Bertz CT molecular complexity index is 3890. The lowest BCUT2D eigenvalue weighted by molar-refractivity contribution is -0.124. The molecule has 8 N–H and O–H groups in total. The number of aliphatic hydroxyl groups is 2. The monoisotopic (exact) mass is 1330 g/mol. The van der Waals surface area contributed by atoms with E-state index in [2.05, 4.69) is 65.6 Å². The maximum absolute atomic E-state index is 14.6. The highest BCUT2D eigenvalue weighted by Crippen LogP contribution is 2.39. The van der Waals surface area contributed by atoms with Gasteiger partial charge in [0.15, 0.2) is 0 Å². The van der Waals surface area contributed by atoms with Gasteiger partial charge in [0.2, 0.25) is 5.91 Å². The summed E-state index contributed by atoms with van der Waals surface area (Å²) >= 11 is 6.65. The lowest BCUT2D eigenvalue weighted by Crippen LogP contribution is -2.52. The Labute approximate surface area is 534 Å². The molecule has 7 aromatic heterocycles. The zero-order valence-electron chi connectivity index (χ0n) is 49.5. The molecule has 1 fully saturated rings. The minimum absolute atomic E-state index is 0.0146. The van der Waals surface area contributed by atoms with Gasteiger partial charge in [-0.1, -0.05) is 26.0 Å². The summed E-state index contributed by atoms with van der Waals surface area (Å²) in [7, 11) is 0. The number of Topliss-reactive ketones (excluding diaryl/α,β-unsaturated/α-hetero) is 1. The van der Waals surface area contributed by atoms with E-state index in [9.17, 15) is 48.6 Å². The highest BCUT2D eigenvalue weighted by Gasteiger charge is 2.38. The Morgan fingerprint density at radius 2 is 1.33 bits per heavy atom. The van der Waals surface area contributed by atoms with Crippen molar-refractivity contribution < 1.29 is 53.3 Å². The van der Waals surface area contributed by atoms with Crippen LogP contribution < -0.4 is 31.9 Å². The number of aromatic nitrogens is 7. The van der Waals surface area contributed by atoms with Crippen molar-refractivity contribution in [1.29, 1.82) is 0 Å². The minimum Gasteiger partial charge on any atom is -0.444 e. The fraction of sp³-hybridized carbons (Fsp3) is 0.386. The van der Waals surface area contributed by atoms with Crippen LogP contribution in [0.25, 0.3) is 49.1 Å². The summed E-state index contributed by atoms with van der Waals surface area (Å²) in [6, 6.07) is -0.211. The number of hydrogen-bond donors (Lipinski definition) is 8. The van der Waals surface area contributed by atoms with Crippen molar-refractivity contribution in [3.63, 3.8) is 0 Å². The van der Waals surface area contributed by atoms with Crippen LogP contribution in [0.1, 0.15) is 138 Å². The number of ether oxygens (including phenoxy) is 1. The average molecular weight is 1330 g/mol. The zero-order chi connectivity index (χ0) is 64.0. The van der Waals surface area contributed by atoms with E-state index in [1.165, 1.54) is 72.7 Å². The molecule has 0 aliphatic carbocycles. The van der Waals surface area contributed by atoms with Gasteiger partial charge >= 0.3 is 6.09 Å². The van der Waals surface area contributed by atoms with Crippen molar-refractivity contribution in [3.05, 3.63) is 100 Å². The number of nitrogens with zero attached hydrogens (tertiary/aromatic N) is 9. The van der Waals surface area contributed by atoms with Crippen LogP contribution in [0.2, 0.25) is 0 Å². The van der Waals surface area contributed by atoms with Gasteiger partial charge in [-0.15, -0.1) is 68.0 Å². The predicted molar refractivity (Wildman–Crippen MR) is 338 cm³/mol. The van der Waals surface area contributed by atoms with Gasteiger partial charge in [0, 0.05) is 57.0 Å². The minimum atomic E-state index is -1.64.